The highest BCUT2D eigenvalue weighted by atomic mass is 32.2. The largest absolute Gasteiger partial charge is 0.388 e. The van der Waals surface area contributed by atoms with Gasteiger partial charge >= 0.3 is 0 Å². The second-order valence-electron chi connectivity index (χ2n) is 4.40. The number of nitrogens with two attached hydrogens (primary N) is 1. The number of amidine groups is 1. The van der Waals surface area contributed by atoms with Crippen LogP contribution >= 0.6 is 0 Å². The molecular weight excluding hydrogens is 266 g/mol. The molecule has 1 aromatic rings. The Hall–Kier alpha value is -1.41. The van der Waals surface area contributed by atoms with E-state index in [1.165, 1.54) is 4.31 Å². The van der Waals surface area contributed by atoms with Crippen molar-refractivity contribution in [3.05, 3.63) is 11.4 Å². The number of aromatic nitrogens is 2. The van der Waals surface area contributed by atoms with Gasteiger partial charge in [-0.2, -0.15) is 9.40 Å². The first-order valence-electron chi connectivity index (χ1n) is 6.05. The van der Waals surface area contributed by atoms with Crippen molar-refractivity contribution in [3.8, 4) is 0 Å². The molecule has 19 heavy (non-hydrogen) atoms. The van der Waals surface area contributed by atoms with Crippen LogP contribution in [0, 0.1) is 19.3 Å². The van der Waals surface area contributed by atoms with E-state index in [-0.39, 0.29) is 23.7 Å². The van der Waals surface area contributed by atoms with Crippen LogP contribution in [0.15, 0.2) is 4.90 Å². The second kappa shape index (κ2) is 5.70. The highest BCUT2D eigenvalue weighted by Gasteiger charge is 2.29. The maximum absolute atomic E-state index is 12.6. The van der Waals surface area contributed by atoms with Crippen LogP contribution in [0.25, 0.3) is 0 Å². The van der Waals surface area contributed by atoms with Crippen LogP contribution in [0.3, 0.4) is 0 Å². The van der Waals surface area contributed by atoms with Crippen molar-refractivity contribution in [2.24, 2.45) is 12.8 Å². The standard InChI is InChI=1S/C11H21N5O2S/c1-5-16(7-6-10(12)13)19(17,18)11-8(2)14-15(4)9(11)3/h5-7H2,1-4H3,(H3,12,13). The Morgan fingerprint density at radius 2 is 2.05 bits per heavy atom. The Bertz CT molecular complexity index is 576. The molecule has 1 heterocycles. The lowest BCUT2D eigenvalue weighted by Gasteiger charge is -2.20. The number of hydrogen-bond acceptors (Lipinski definition) is 4. The number of sulfonamides is 1. The van der Waals surface area contributed by atoms with E-state index in [2.05, 4.69) is 5.10 Å². The van der Waals surface area contributed by atoms with E-state index in [9.17, 15) is 8.42 Å². The average Bonchev–Trinajstić information content (AvgIpc) is 2.53. The van der Waals surface area contributed by atoms with Crippen molar-refractivity contribution in [1.82, 2.24) is 14.1 Å². The van der Waals surface area contributed by atoms with Gasteiger partial charge in [0, 0.05) is 26.6 Å². The highest BCUT2D eigenvalue weighted by Crippen LogP contribution is 2.22. The molecule has 0 saturated carbocycles. The lowest BCUT2D eigenvalue weighted by molar-refractivity contribution is 0.435. The summed E-state index contributed by atoms with van der Waals surface area (Å²) < 4.78 is 28.1. The maximum Gasteiger partial charge on any atom is 0.246 e. The molecular formula is C11H21N5O2S. The summed E-state index contributed by atoms with van der Waals surface area (Å²) in [6.07, 6.45) is 0.228. The van der Waals surface area contributed by atoms with Gasteiger partial charge in [0.25, 0.3) is 0 Å². The van der Waals surface area contributed by atoms with Gasteiger partial charge in [-0.3, -0.25) is 10.1 Å². The summed E-state index contributed by atoms with van der Waals surface area (Å²) in [5.74, 6) is -0.0201. The summed E-state index contributed by atoms with van der Waals surface area (Å²) in [7, 11) is -1.87. The van der Waals surface area contributed by atoms with Crippen molar-refractivity contribution in [1.29, 1.82) is 5.41 Å². The van der Waals surface area contributed by atoms with Gasteiger partial charge in [-0.1, -0.05) is 6.92 Å². The lowest BCUT2D eigenvalue weighted by Crippen LogP contribution is -2.34. The van der Waals surface area contributed by atoms with Gasteiger partial charge in [0.2, 0.25) is 10.0 Å². The fourth-order valence-electron chi connectivity index (χ4n) is 1.95. The number of rotatable bonds is 6. The predicted octanol–water partition coefficient (Wildman–Crippen LogP) is 0.374. The fraction of sp³-hybridized carbons (Fsp3) is 0.636. The Morgan fingerprint density at radius 3 is 2.42 bits per heavy atom. The smallest absolute Gasteiger partial charge is 0.246 e. The van der Waals surface area contributed by atoms with Gasteiger partial charge in [-0.05, 0) is 13.8 Å². The van der Waals surface area contributed by atoms with Gasteiger partial charge in [-0.15, -0.1) is 0 Å². The van der Waals surface area contributed by atoms with E-state index in [0.717, 1.165) is 0 Å². The first-order chi connectivity index (χ1) is 8.71. The molecule has 0 aromatic carbocycles. The number of nitrogens with zero attached hydrogens (tertiary/aromatic N) is 3. The first-order valence-corrected chi connectivity index (χ1v) is 7.49. The summed E-state index contributed by atoms with van der Waals surface area (Å²) in [5.41, 5.74) is 6.38. The Kier molecular flexibility index (Phi) is 4.70. The predicted molar refractivity (Wildman–Crippen MR) is 73.6 cm³/mol. The molecule has 8 heteroatoms. The van der Waals surface area contributed by atoms with E-state index < -0.39 is 10.0 Å². The topological polar surface area (TPSA) is 105 Å². The summed E-state index contributed by atoms with van der Waals surface area (Å²) >= 11 is 0. The van der Waals surface area contributed by atoms with Gasteiger partial charge in [0.05, 0.1) is 17.2 Å². The van der Waals surface area contributed by atoms with E-state index in [1.54, 1.807) is 32.5 Å². The zero-order valence-electron chi connectivity index (χ0n) is 11.8. The van der Waals surface area contributed by atoms with Crippen LogP contribution in [0.5, 0.6) is 0 Å². The van der Waals surface area contributed by atoms with Crippen LogP contribution in [-0.4, -0.2) is 41.4 Å². The lowest BCUT2D eigenvalue weighted by atomic mass is 10.4. The molecule has 0 atom stereocenters. The van der Waals surface area contributed by atoms with Gasteiger partial charge in [-0.25, -0.2) is 8.42 Å². The SMILES string of the molecule is CCN(CCC(=N)N)S(=O)(=O)c1c(C)nn(C)c1C. The Morgan fingerprint density at radius 1 is 1.47 bits per heavy atom. The molecule has 3 N–H and O–H groups in total. The number of aryl methyl sites for hydroxylation is 2. The fourth-order valence-corrected chi connectivity index (χ4v) is 3.80. The van der Waals surface area contributed by atoms with Crippen molar-refractivity contribution in [2.75, 3.05) is 13.1 Å². The zero-order chi connectivity index (χ0) is 14.8. The molecule has 0 aliphatic carbocycles. The zero-order valence-corrected chi connectivity index (χ0v) is 12.6. The molecule has 0 amide bonds. The molecule has 108 valence electrons. The summed E-state index contributed by atoms with van der Waals surface area (Å²) in [4.78, 5) is 0.250. The molecule has 0 fully saturated rings. The average molecular weight is 287 g/mol. The van der Waals surface area contributed by atoms with Crippen LogP contribution < -0.4 is 5.73 Å². The second-order valence-corrected chi connectivity index (χ2v) is 6.27. The van der Waals surface area contributed by atoms with Crippen molar-refractivity contribution in [3.63, 3.8) is 0 Å². The summed E-state index contributed by atoms with van der Waals surface area (Å²) in [5, 5.41) is 11.3. The molecule has 0 radical (unpaired) electrons. The molecule has 7 nitrogen and oxygen atoms in total. The third-order valence-electron chi connectivity index (χ3n) is 3.02. The molecule has 0 saturated heterocycles. The van der Waals surface area contributed by atoms with E-state index in [1.807, 2.05) is 0 Å². The van der Waals surface area contributed by atoms with Gasteiger partial charge in [0.15, 0.2) is 0 Å². The molecule has 1 rings (SSSR count). The normalized spacial score (nSPS) is 12.1. The van der Waals surface area contributed by atoms with Crippen LogP contribution in [0.1, 0.15) is 24.7 Å². The molecule has 0 aliphatic rings. The minimum Gasteiger partial charge on any atom is -0.388 e. The maximum atomic E-state index is 12.6. The monoisotopic (exact) mass is 287 g/mol. The van der Waals surface area contributed by atoms with E-state index >= 15 is 0 Å². The van der Waals surface area contributed by atoms with Crippen LogP contribution in [0.4, 0.5) is 0 Å². The summed E-state index contributed by atoms with van der Waals surface area (Å²) in [6, 6.07) is 0. The first kappa shape index (κ1) is 15.6. The highest BCUT2D eigenvalue weighted by molar-refractivity contribution is 7.89. The van der Waals surface area contributed by atoms with Crippen LogP contribution in [0.2, 0.25) is 0 Å². The Labute approximate surface area is 114 Å². The third-order valence-corrected chi connectivity index (χ3v) is 5.25. The van der Waals surface area contributed by atoms with E-state index in [0.29, 0.717) is 17.9 Å². The minimum absolute atomic E-state index is 0.0201. The van der Waals surface area contributed by atoms with E-state index in [4.69, 9.17) is 11.1 Å². The van der Waals surface area contributed by atoms with Crippen LogP contribution in [-0.2, 0) is 17.1 Å². The van der Waals surface area contributed by atoms with Crippen molar-refractivity contribution >= 4 is 15.9 Å². The van der Waals surface area contributed by atoms with Gasteiger partial charge < -0.3 is 5.73 Å². The number of hydrogen-bond donors (Lipinski definition) is 2. The van der Waals surface area contributed by atoms with Crippen molar-refractivity contribution in [2.45, 2.75) is 32.1 Å². The third kappa shape index (κ3) is 3.13. The molecule has 0 spiro atoms. The quantitative estimate of drug-likeness (QED) is 0.582. The molecule has 0 aliphatic heterocycles. The Balaban J connectivity index is 3.17. The minimum atomic E-state index is -3.59. The molecule has 1 aromatic heterocycles. The summed E-state index contributed by atoms with van der Waals surface area (Å²) in [6.45, 7) is 5.72. The number of nitrogens with one attached hydrogen (secondary N) is 1. The molecule has 0 unspecified atom stereocenters. The molecule has 0 bridgehead atoms. The van der Waals surface area contributed by atoms with Gasteiger partial charge in [0.1, 0.15) is 4.90 Å². The van der Waals surface area contributed by atoms with Crippen molar-refractivity contribution < 1.29 is 8.42 Å².